The molecule has 0 aliphatic rings. The SMILES string of the molecule is C=CCNC(=O)c1ccc(NS(=O)(=O)c2ccc(C)cc2)cc1. The van der Waals surface area contributed by atoms with Gasteiger partial charge in [0.2, 0.25) is 0 Å². The summed E-state index contributed by atoms with van der Waals surface area (Å²) in [5, 5.41) is 2.65. The lowest BCUT2D eigenvalue weighted by molar-refractivity contribution is 0.0958. The van der Waals surface area contributed by atoms with Crippen molar-refractivity contribution in [3.05, 3.63) is 72.3 Å². The third-order valence-corrected chi connectivity index (χ3v) is 4.53. The summed E-state index contributed by atoms with van der Waals surface area (Å²) >= 11 is 0. The van der Waals surface area contributed by atoms with Gasteiger partial charge in [0.25, 0.3) is 15.9 Å². The Morgan fingerprint density at radius 3 is 2.26 bits per heavy atom. The molecule has 0 atom stereocenters. The molecule has 0 spiro atoms. The first-order valence-corrected chi connectivity index (χ1v) is 8.49. The van der Waals surface area contributed by atoms with Gasteiger partial charge in [0, 0.05) is 17.8 Å². The number of carbonyl (C=O) groups is 1. The van der Waals surface area contributed by atoms with E-state index in [1.165, 1.54) is 0 Å². The highest BCUT2D eigenvalue weighted by atomic mass is 32.2. The van der Waals surface area contributed by atoms with E-state index < -0.39 is 10.0 Å². The van der Waals surface area contributed by atoms with Crippen LogP contribution in [0.1, 0.15) is 15.9 Å². The van der Waals surface area contributed by atoms with Crippen LogP contribution in [0.5, 0.6) is 0 Å². The predicted octanol–water partition coefficient (Wildman–Crippen LogP) is 2.71. The first kappa shape index (κ1) is 16.8. The van der Waals surface area contributed by atoms with Gasteiger partial charge in [-0.15, -0.1) is 6.58 Å². The van der Waals surface area contributed by atoms with E-state index in [-0.39, 0.29) is 10.8 Å². The highest BCUT2D eigenvalue weighted by molar-refractivity contribution is 7.92. The molecule has 120 valence electrons. The molecule has 0 bridgehead atoms. The summed E-state index contributed by atoms with van der Waals surface area (Å²) < 4.78 is 27.0. The van der Waals surface area contributed by atoms with E-state index in [0.29, 0.717) is 17.8 Å². The third kappa shape index (κ3) is 4.43. The van der Waals surface area contributed by atoms with Gasteiger partial charge in [-0.3, -0.25) is 9.52 Å². The van der Waals surface area contributed by atoms with Crippen LogP contribution < -0.4 is 10.0 Å². The monoisotopic (exact) mass is 330 g/mol. The summed E-state index contributed by atoms with van der Waals surface area (Å²) in [6.07, 6.45) is 1.59. The Kier molecular flexibility index (Phi) is 5.18. The van der Waals surface area contributed by atoms with Crippen LogP contribution in [0.25, 0.3) is 0 Å². The van der Waals surface area contributed by atoms with Crippen LogP contribution in [0.15, 0.2) is 66.1 Å². The van der Waals surface area contributed by atoms with Crippen molar-refractivity contribution in [2.24, 2.45) is 0 Å². The zero-order chi connectivity index (χ0) is 16.9. The summed E-state index contributed by atoms with van der Waals surface area (Å²) in [6.45, 7) is 5.79. The fourth-order valence-corrected chi connectivity index (χ4v) is 2.95. The number of hydrogen-bond acceptors (Lipinski definition) is 3. The number of hydrogen-bond donors (Lipinski definition) is 2. The van der Waals surface area contributed by atoms with Gasteiger partial charge >= 0.3 is 0 Å². The average molecular weight is 330 g/mol. The van der Waals surface area contributed by atoms with Crippen LogP contribution in [-0.4, -0.2) is 20.9 Å². The number of carbonyl (C=O) groups excluding carboxylic acids is 1. The Morgan fingerprint density at radius 1 is 1.09 bits per heavy atom. The zero-order valence-electron chi connectivity index (χ0n) is 12.7. The molecule has 6 heteroatoms. The molecule has 1 amide bonds. The molecule has 0 fully saturated rings. The van der Waals surface area contributed by atoms with Crippen molar-refractivity contribution in [2.75, 3.05) is 11.3 Å². The van der Waals surface area contributed by atoms with Crippen molar-refractivity contribution in [1.82, 2.24) is 5.32 Å². The Labute approximate surface area is 136 Å². The molecule has 2 aromatic rings. The molecule has 0 aliphatic carbocycles. The van der Waals surface area contributed by atoms with Crippen LogP contribution in [0.4, 0.5) is 5.69 Å². The van der Waals surface area contributed by atoms with Gasteiger partial charge in [-0.25, -0.2) is 8.42 Å². The maximum atomic E-state index is 12.3. The third-order valence-electron chi connectivity index (χ3n) is 3.14. The minimum Gasteiger partial charge on any atom is -0.349 e. The average Bonchev–Trinajstić information content (AvgIpc) is 2.53. The Bertz CT molecular complexity index is 795. The van der Waals surface area contributed by atoms with Crippen molar-refractivity contribution >= 4 is 21.6 Å². The van der Waals surface area contributed by atoms with Gasteiger partial charge < -0.3 is 5.32 Å². The lowest BCUT2D eigenvalue weighted by Crippen LogP contribution is -2.23. The summed E-state index contributed by atoms with van der Waals surface area (Å²) in [6, 6.07) is 12.8. The molecule has 0 aliphatic heterocycles. The highest BCUT2D eigenvalue weighted by Crippen LogP contribution is 2.17. The predicted molar refractivity (Wildman–Crippen MR) is 91.0 cm³/mol. The molecule has 0 unspecified atom stereocenters. The van der Waals surface area contributed by atoms with Gasteiger partial charge in [0.05, 0.1) is 4.90 Å². The summed E-state index contributed by atoms with van der Waals surface area (Å²) in [4.78, 5) is 11.9. The highest BCUT2D eigenvalue weighted by Gasteiger charge is 2.14. The van der Waals surface area contributed by atoms with Gasteiger partial charge in [0.15, 0.2) is 0 Å². The number of benzene rings is 2. The molecule has 2 rings (SSSR count). The van der Waals surface area contributed by atoms with E-state index in [2.05, 4.69) is 16.6 Å². The van der Waals surface area contributed by atoms with E-state index >= 15 is 0 Å². The lowest BCUT2D eigenvalue weighted by atomic mass is 10.2. The van der Waals surface area contributed by atoms with Crippen LogP contribution in [-0.2, 0) is 10.0 Å². The molecule has 0 saturated carbocycles. The number of amides is 1. The second-order valence-corrected chi connectivity index (χ2v) is 6.68. The molecule has 5 nitrogen and oxygen atoms in total. The van der Waals surface area contributed by atoms with Crippen molar-refractivity contribution in [3.8, 4) is 0 Å². The molecule has 0 saturated heterocycles. The first-order chi connectivity index (χ1) is 10.9. The topological polar surface area (TPSA) is 75.3 Å². The molecular formula is C17H18N2O3S. The molecule has 23 heavy (non-hydrogen) atoms. The van der Waals surface area contributed by atoms with Crippen molar-refractivity contribution in [1.29, 1.82) is 0 Å². The van der Waals surface area contributed by atoms with Crippen LogP contribution in [0.3, 0.4) is 0 Å². The van der Waals surface area contributed by atoms with Gasteiger partial charge in [-0.1, -0.05) is 23.8 Å². The zero-order valence-corrected chi connectivity index (χ0v) is 13.6. The first-order valence-electron chi connectivity index (χ1n) is 7.01. The van der Waals surface area contributed by atoms with E-state index in [0.717, 1.165) is 5.56 Å². The Hall–Kier alpha value is -2.60. The number of sulfonamides is 1. The van der Waals surface area contributed by atoms with Crippen LogP contribution >= 0.6 is 0 Å². The van der Waals surface area contributed by atoms with E-state index in [1.807, 2.05) is 6.92 Å². The van der Waals surface area contributed by atoms with Gasteiger partial charge in [-0.2, -0.15) is 0 Å². The normalized spacial score (nSPS) is 10.8. The molecule has 0 heterocycles. The number of aryl methyl sites for hydroxylation is 1. The lowest BCUT2D eigenvalue weighted by Gasteiger charge is -2.09. The summed E-state index contributed by atoms with van der Waals surface area (Å²) in [7, 11) is -3.64. The Balaban J connectivity index is 2.12. The van der Waals surface area contributed by atoms with E-state index in [1.54, 1.807) is 54.6 Å². The standard InChI is InChI=1S/C17H18N2O3S/c1-3-12-18-17(20)14-6-8-15(9-7-14)19-23(21,22)16-10-4-13(2)5-11-16/h3-11,19H,1,12H2,2H3,(H,18,20). The quantitative estimate of drug-likeness (QED) is 0.800. The molecule has 0 radical (unpaired) electrons. The number of anilines is 1. The van der Waals surface area contributed by atoms with Crippen molar-refractivity contribution in [3.63, 3.8) is 0 Å². The maximum Gasteiger partial charge on any atom is 0.261 e. The fraction of sp³-hybridized carbons (Fsp3) is 0.118. The second kappa shape index (κ2) is 7.11. The Morgan fingerprint density at radius 2 is 1.70 bits per heavy atom. The molecule has 0 aromatic heterocycles. The second-order valence-electron chi connectivity index (χ2n) is 4.99. The number of nitrogens with one attached hydrogen (secondary N) is 2. The summed E-state index contributed by atoms with van der Waals surface area (Å²) in [5.74, 6) is -0.238. The minimum atomic E-state index is -3.64. The fourth-order valence-electron chi connectivity index (χ4n) is 1.89. The molecular weight excluding hydrogens is 312 g/mol. The van der Waals surface area contributed by atoms with E-state index in [9.17, 15) is 13.2 Å². The van der Waals surface area contributed by atoms with E-state index in [4.69, 9.17) is 0 Å². The van der Waals surface area contributed by atoms with Crippen LogP contribution in [0, 0.1) is 6.92 Å². The van der Waals surface area contributed by atoms with Crippen LogP contribution in [0.2, 0.25) is 0 Å². The van der Waals surface area contributed by atoms with Crippen molar-refractivity contribution in [2.45, 2.75) is 11.8 Å². The smallest absolute Gasteiger partial charge is 0.261 e. The maximum absolute atomic E-state index is 12.3. The number of rotatable bonds is 6. The summed E-state index contributed by atoms with van der Waals surface area (Å²) in [5.41, 5.74) is 1.83. The van der Waals surface area contributed by atoms with Gasteiger partial charge in [-0.05, 0) is 43.3 Å². The largest absolute Gasteiger partial charge is 0.349 e. The van der Waals surface area contributed by atoms with Gasteiger partial charge in [0.1, 0.15) is 0 Å². The van der Waals surface area contributed by atoms with Crippen molar-refractivity contribution < 1.29 is 13.2 Å². The minimum absolute atomic E-state index is 0.191. The molecule has 2 aromatic carbocycles. The molecule has 2 N–H and O–H groups in total.